The molecule has 6 nitrogen and oxygen atoms in total. The molecule has 0 atom stereocenters. The summed E-state index contributed by atoms with van der Waals surface area (Å²) in [5.74, 6) is 0.336. The summed E-state index contributed by atoms with van der Waals surface area (Å²) in [5, 5.41) is 3.40. The first-order valence-corrected chi connectivity index (χ1v) is 12.4. The van der Waals surface area contributed by atoms with E-state index >= 15 is 0 Å². The predicted molar refractivity (Wildman–Crippen MR) is 132 cm³/mol. The van der Waals surface area contributed by atoms with Crippen LogP contribution in [0, 0.1) is 6.92 Å². The topological polar surface area (TPSA) is 98.5 Å². The van der Waals surface area contributed by atoms with E-state index in [0.29, 0.717) is 17.0 Å². The van der Waals surface area contributed by atoms with Gasteiger partial charge in [-0.3, -0.25) is 4.79 Å². The average Bonchev–Trinajstić information content (AvgIpc) is 3.16. The number of ketones is 1. The van der Waals surface area contributed by atoms with Crippen molar-refractivity contribution in [3.63, 3.8) is 0 Å². The molecule has 0 aliphatic rings. The van der Waals surface area contributed by atoms with Crippen LogP contribution in [-0.4, -0.2) is 21.3 Å². The van der Waals surface area contributed by atoms with Crippen LogP contribution in [0.15, 0.2) is 88.7 Å². The van der Waals surface area contributed by atoms with Gasteiger partial charge in [-0.1, -0.05) is 48.0 Å². The fourth-order valence-electron chi connectivity index (χ4n) is 3.31. The van der Waals surface area contributed by atoms with Gasteiger partial charge in [0.25, 0.3) is 0 Å². The third-order valence-electron chi connectivity index (χ3n) is 5.09. The summed E-state index contributed by atoms with van der Waals surface area (Å²) in [6.07, 6.45) is 0. The first-order chi connectivity index (χ1) is 15.8. The largest absolute Gasteiger partial charge is 0.497 e. The molecule has 168 valence electrons. The van der Waals surface area contributed by atoms with E-state index in [0.717, 1.165) is 16.9 Å². The number of anilines is 3. The number of methoxy groups -OCH3 is 1. The van der Waals surface area contributed by atoms with Gasteiger partial charge in [0.2, 0.25) is 15.6 Å². The number of nitrogens with one attached hydrogen (secondary N) is 1. The molecule has 0 radical (unpaired) electrons. The summed E-state index contributed by atoms with van der Waals surface area (Å²) in [4.78, 5) is 13.4. The number of sulfone groups is 1. The molecule has 3 N–H and O–H groups in total. The van der Waals surface area contributed by atoms with Gasteiger partial charge in [-0.2, -0.15) is 0 Å². The van der Waals surface area contributed by atoms with Crippen molar-refractivity contribution in [1.29, 1.82) is 0 Å². The number of carbonyl (C=O) groups excluding carboxylic acids is 1. The number of nitrogens with two attached hydrogens (primary N) is 1. The van der Waals surface area contributed by atoms with Crippen molar-refractivity contribution in [2.24, 2.45) is 0 Å². The minimum Gasteiger partial charge on any atom is -0.497 e. The highest BCUT2D eigenvalue weighted by molar-refractivity contribution is 7.92. The van der Waals surface area contributed by atoms with Crippen LogP contribution in [0.4, 0.5) is 16.4 Å². The lowest BCUT2D eigenvalue weighted by Gasteiger charge is -2.10. The van der Waals surface area contributed by atoms with Gasteiger partial charge in [-0.15, -0.1) is 11.3 Å². The zero-order valence-electron chi connectivity index (χ0n) is 18.0. The first-order valence-electron chi connectivity index (χ1n) is 10.1. The normalized spacial score (nSPS) is 11.2. The summed E-state index contributed by atoms with van der Waals surface area (Å²) in [7, 11) is -2.42. The molecule has 3 aromatic carbocycles. The Bertz CT molecular complexity index is 1390. The maximum absolute atomic E-state index is 13.5. The second-order valence-electron chi connectivity index (χ2n) is 7.37. The number of nitrogen functional groups attached to an aromatic ring is 1. The SMILES string of the molecule is COc1ccc(Nc2sc(C(=O)c3ccc(C)cc3)c(N)c2S(=O)(=O)c2ccccc2)cc1. The highest BCUT2D eigenvalue weighted by atomic mass is 32.2. The smallest absolute Gasteiger partial charge is 0.211 e. The molecule has 1 heterocycles. The summed E-state index contributed by atoms with van der Waals surface area (Å²) in [6.45, 7) is 1.93. The van der Waals surface area contributed by atoms with E-state index in [1.165, 1.54) is 12.1 Å². The monoisotopic (exact) mass is 478 g/mol. The van der Waals surface area contributed by atoms with E-state index in [-0.39, 0.29) is 31.1 Å². The van der Waals surface area contributed by atoms with Gasteiger partial charge in [-0.05, 0) is 43.3 Å². The van der Waals surface area contributed by atoms with E-state index in [1.54, 1.807) is 61.7 Å². The van der Waals surface area contributed by atoms with Gasteiger partial charge >= 0.3 is 0 Å². The van der Waals surface area contributed by atoms with E-state index in [2.05, 4.69) is 5.32 Å². The van der Waals surface area contributed by atoms with Gasteiger partial charge in [0.15, 0.2) is 0 Å². The van der Waals surface area contributed by atoms with Crippen molar-refractivity contribution in [2.75, 3.05) is 18.2 Å². The Labute approximate surface area is 196 Å². The van der Waals surface area contributed by atoms with Gasteiger partial charge in [0.1, 0.15) is 20.5 Å². The molecule has 0 spiro atoms. The van der Waals surface area contributed by atoms with Crippen LogP contribution in [0.5, 0.6) is 5.75 Å². The molecule has 0 saturated heterocycles. The molecule has 33 heavy (non-hydrogen) atoms. The molecule has 0 fully saturated rings. The van der Waals surface area contributed by atoms with E-state index in [9.17, 15) is 13.2 Å². The van der Waals surface area contributed by atoms with Gasteiger partial charge in [0.05, 0.1) is 17.7 Å². The molecule has 0 saturated carbocycles. The lowest BCUT2D eigenvalue weighted by Crippen LogP contribution is -2.08. The van der Waals surface area contributed by atoms with Gasteiger partial charge in [0, 0.05) is 11.3 Å². The molecule has 0 amide bonds. The molecule has 8 heteroatoms. The number of thiophene rings is 1. The fourth-order valence-corrected chi connectivity index (χ4v) is 6.26. The molecule has 1 aromatic heterocycles. The van der Waals surface area contributed by atoms with E-state index < -0.39 is 9.84 Å². The zero-order chi connectivity index (χ0) is 23.6. The van der Waals surface area contributed by atoms with Crippen molar-refractivity contribution in [1.82, 2.24) is 0 Å². The minimum absolute atomic E-state index is 0.0644. The lowest BCUT2D eigenvalue weighted by molar-refractivity contribution is 0.104. The standard InChI is InChI=1S/C25H22N2O4S2/c1-16-8-10-17(11-9-16)22(28)23-21(26)24(33(29,30)20-6-4-3-5-7-20)25(32-23)27-18-12-14-19(31-2)15-13-18/h3-15,27H,26H2,1-2H3. The van der Waals surface area contributed by atoms with Crippen LogP contribution in [0.1, 0.15) is 20.8 Å². The van der Waals surface area contributed by atoms with Crippen molar-refractivity contribution in [3.05, 3.63) is 94.9 Å². The molecule has 4 rings (SSSR count). The Morgan fingerprint density at radius 2 is 1.58 bits per heavy atom. The molecule has 0 aliphatic heterocycles. The number of carbonyl (C=O) groups is 1. The first kappa shape index (κ1) is 22.6. The number of aryl methyl sites for hydroxylation is 1. The highest BCUT2D eigenvalue weighted by Crippen LogP contribution is 2.44. The van der Waals surface area contributed by atoms with Crippen LogP contribution >= 0.6 is 11.3 Å². The van der Waals surface area contributed by atoms with Gasteiger partial charge in [-0.25, -0.2) is 8.42 Å². The summed E-state index contributed by atoms with van der Waals surface area (Å²) >= 11 is 1.02. The van der Waals surface area contributed by atoms with Crippen molar-refractivity contribution >= 4 is 43.3 Å². The second kappa shape index (κ2) is 9.09. The summed E-state index contributed by atoms with van der Waals surface area (Å²) in [5.41, 5.74) is 8.37. The van der Waals surface area contributed by atoms with Crippen LogP contribution in [-0.2, 0) is 9.84 Å². The van der Waals surface area contributed by atoms with Crippen molar-refractivity contribution < 1.29 is 17.9 Å². The van der Waals surface area contributed by atoms with Crippen LogP contribution in [0.3, 0.4) is 0 Å². The second-order valence-corrected chi connectivity index (χ2v) is 10.3. The van der Waals surface area contributed by atoms with Crippen LogP contribution in [0.2, 0.25) is 0 Å². The number of hydrogen-bond acceptors (Lipinski definition) is 7. The Kier molecular flexibility index (Phi) is 6.22. The van der Waals surface area contributed by atoms with Crippen molar-refractivity contribution in [2.45, 2.75) is 16.7 Å². The Morgan fingerprint density at radius 1 is 0.939 bits per heavy atom. The van der Waals surface area contributed by atoms with E-state index in [1.807, 2.05) is 19.1 Å². The Morgan fingerprint density at radius 3 is 2.18 bits per heavy atom. The van der Waals surface area contributed by atoms with Gasteiger partial charge < -0.3 is 15.8 Å². The fraction of sp³-hybridized carbons (Fsp3) is 0.0800. The maximum Gasteiger partial charge on any atom is 0.211 e. The zero-order valence-corrected chi connectivity index (χ0v) is 19.7. The number of hydrogen-bond donors (Lipinski definition) is 2. The number of ether oxygens (including phenoxy) is 1. The molecule has 0 bridgehead atoms. The van der Waals surface area contributed by atoms with E-state index in [4.69, 9.17) is 10.5 Å². The quantitative estimate of drug-likeness (QED) is 0.343. The number of benzene rings is 3. The van der Waals surface area contributed by atoms with Crippen LogP contribution in [0.25, 0.3) is 0 Å². The third-order valence-corrected chi connectivity index (χ3v) is 8.19. The maximum atomic E-state index is 13.5. The van der Waals surface area contributed by atoms with Crippen molar-refractivity contribution in [3.8, 4) is 5.75 Å². The van der Waals surface area contributed by atoms with Crippen LogP contribution < -0.4 is 15.8 Å². The predicted octanol–water partition coefficient (Wildman–Crippen LogP) is 5.45. The average molecular weight is 479 g/mol. The number of rotatable bonds is 7. The highest BCUT2D eigenvalue weighted by Gasteiger charge is 2.31. The third kappa shape index (κ3) is 4.48. The molecule has 4 aromatic rings. The molecular formula is C25H22N2O4S2. The Hall–Kier alpha value is -3.62. The minimum atomic E-state index is -3.99. The summed E-state index contributed by atoms with van der Waals surface area (Å²) in [6, 6.07) is 22.1. The Balaban J connectivity index is 1.85. The summed E-state index contributed by atoms with van der Waals surface area (Å²) < 4.78 is 32.3. The molecular weight excluding hydrogens is 456 g/mol. The molecule has 0 unspecified atom stereocenters. The lowest BCUT2D eigenvalue weighted by atomic mass is 10.1. The molecule has 0 aliphatic carbocycles.